The summed E-state index contributed by atoms with van der Waals surface area (Å²) in [6, 6.07) is 0.141. The molecule has 1 fully saturated rings. The van der Waals surface area contributed by atoms with Gasteiger partial charge in [-0.05, 0) is 70.5 Å². The maximum absolute atomic E-state index is 12.1. The second-order valence-electron chi connectivity index (χ2n) is 8.56. The van der Waals surface area contributed by atoms with Gasteiger partial charge in [0.1, 0.15) is 16.5 Å². The van der Waals surface area contributed by atoms with Crippen LogP contribution in [0.15, 0.2) is 0 Å². The van der Waals surface area contributed by atoms with E-state index in [1.54, 1.807) is 0 Å². The quantitative estimate of drug-likeness (QED) is 0.777. The van der Waals surface area contributed by atoms with Gasteiger partial charge in [-0.25, -0.2) is 9.97 Å². The van der Waals surface area contributed by atoms with Crippen molar-refractivity contribution in [3.63, 3.8) is 0 Å². The summed E-state index contributed by atoms with van der Waals surface area (Å²) in [7, 11) is 0. The lowest BCUT2D eigenvalue weighted by molar-refractivity contribution is -0.119. The van der Waals surface area contributed by atoms with Crippen molar-refractivity contribution in [1.29, 1.82) is 0 Å². The molecular weight excluding hydrogens is 370 g/mol. The highest BCUT2D eigenvalue weighted by molar-refractivity contribution is 7.19. The number of hydrogen-bond acceptors (Lipinski definition) is 6. The zero-order valence-electron chi connectivity index (χ0n) is 17.2. The van der Waals surface area contributed by atoms with Crippen LogP contribution in [-0.2, 0) is 24.2 Å². The summed E-state index contributed by atoms with van der Waals surface area (Å²) in [5.74, 6) is 2.52. The third-order valence-corrected chi connectivity index (χ3v) is 6.90. The zero-order chi connectivity index (χ0) is 19.7. The standard InChI is InChI=1S/C21H31N5OS/c1-13(2)23-18(27)11-22-20-19-15-5-4-6-16(15)28-21(19)25-17(24-20)12-26-9-7-14(3)8-10-26/h13-14H,4-12H2,1-3H3,(H,23,27)(H,22,24,25). The van der Waals surface area contributed by atoms with Gasteiger partial charge in [-0.2, -0.15) is 0 Å². The molecule has 28 heavy (non-hydrogen) atoms. The van der Waals surface area contributed by atoms with Crippen LogP contribution in [0.4, 0.5) is 5.82 Å². The van der Waals surface area contributed by atoms with Gasteiger partial charge in [0.05, 0.1) is 18.5 Å². The predicted octanol–water partition coefficient (Wildman–Crippen LogP) is 3.35. The highest BCUT2D eigenvalue weighted by Gasteiger charge is 2.24. The van der Waals surface area contributed by atoms with Crippen molar-refractivity contribution >= 4 is 33.3 Å². The van der Waals surface area contributed by atoms with E-state index in [0.29, 0.717) is 0 Å². The van der Waals surface area contributed by atoms with Crippen molar-refractivity contribution < 1.29 is 4.79 Å². The normalized spacial score (nSPS) is 18.0. The van der Waals surface area contributed by atoms with Crippen LogP contribution in [0.3, 0.4) is 0 Å². The average Bonchev–Trinajstić information content (AvgIpc) is 3.22. The fourth-order valence-corrected chi connectivity index (χ4v) is 5.48. The molecule has 2 aromatic rings. The molecule has 1 amide bonds. The van der Waals surface area contributed by atoms with E-state index in [9.17, 15) is 4.79 Å². The van der Waals surface area contributed by atoms with Crippen molar-refractivity contribution in [3.05, 3.63) is 16.3 Å². The molecule has 0 atom stereocenters. The summed E-state index contributed by atoms with van der Waals surface area (Å²) >= 11 is 1.81. The van der Waals surface area contributed by atoms with E-state index in [-0.39, 0.29) is 18.5 Å². The Bertz CT molecular complexity index is 854. The number of amides is 1. The van der Waals surface area contributed by atoms with Crippen LogP contribution in [0.2, 0.25) is 0 Å². The van der Waals surface area contributed by atoms with Crippen LogP contribution < -0.4 is 10.6 Å². The molecule has 0 spiro atoms. The van der Waals surface area contributed by atoms with E-state index in [2.05, 4.69) is 22.5 Å². The Morgan fingerprint density at radius 2 is 2.04 bits per heavy atom. The van der Waals surface area contributed by atoms with Crippen LogP contribution in [-0.4, -0.2) is 46.5 Å². The number of carbonyl (C=O) groups excluding carboxylic acids is 1. The number of piperidine rings is 1. The van der Waals surface area contributed by atoms with Gasteiger partial charge < -0.3 is 10.6 Å². The Balaban J connectivity index is 1.58. The number of likely N-dealkylation sites (tertiary alicyclic amines) is 1. The molecule has 1 aliphatic carbocycles. The lowest BCUT2D eigenvalue weighted by Crippen LogP contribution is -2.35. The molecule has 0 unspecified atom stereocenters. The average molecular weight is 402 g/mol. The molecule has 6 nitrogen and oxygen atoms in total. The first kappa shape index (κ1) is 19.6. The molecule has 1 saturated heterocycles. The van der Waals surface area contributed by atoms with Crippen LogP contribution in [0.1, 0.15) is 56.3 Å². The Labute approximate surface area is 171 Å². The van der Waals surface area contributed by atoms with E-state index in [0.717, 1.165) is 60.3 Å². The SMILES string of the molecule is CC1CCN(Cc2nc(NCC(=O)NC(C)C)c3c4c(sc3n2)CCC4)CC1. The summed E-state index contributed by atoms with van der Waals surface area (Å²) in [6.45, 7) is 9.55. The minimum atomic E-state index is 0.000190. The number of nitrogens with one attached hydrogen (secondary N) is 2. The predicted molar refractivity (Wildman–Crippen MR) is 115 cm³/mol. The number of fused-ring (bicyclic) bond motifs is 3. The van der Waals surface area contributed by atoms with Gasteiger partial charge >= 0.3 is 0 Å². The maximum atomic E-state index is 12.1. The van der Waals surface area contributed by atoms with Crippen molar-refractivity contribution in [3.8, 4) is 0 Å². The minimum Gasteiger partial charge on any atom is -0.360 e. The number of rotatable bonds is 6. The molecule has 4 rings (SSSR count). The largest absolute Gasteiger partial charge is 0.360 e. The number of aryl methyl sites for hydroxylation is 2. The maximum Gasteiger partial charge on any atom is 0.239 e. The summed E-state index contributed by atoms with van der Waals surface area (Å²) in [4.78, 5) is 26.9. The molecule has 3 heterocycles. The lowest BCUT2D eigenvalue weighted by atomic mass is 9.99. The second kappa shape index (κ2) is 8.33. The van der Waals surface area contributed by atoms with Gasteiger partial charge in [-0.15, -0.1) is 11.3 Å². The van der Waals surface area contributed by atoms with Crippen molar-refractivity contribution in [2.24, 2.45) is 5.92 Å². The highest BCUT2D eigenvalue weighted by atomic mass is 32.1. The molecule has 0 aromatic carbocycles. The van der Waals surface area contributed by atoms with E-state index < -0.39 is 0 Å². The Kier molecular flexibility index (Phi) is 5.83. The molecule has 0 radical (unpaired) electrons. The van der Waals surface area contributed by atoms with Crippen LogP contribution in [0.5, 0.6) is 0 Å². The topological polar surface area (TPSA) is 70.2 Å². The van der Waals surface area contributed by atoms with Gasteiger partial charge in [0.15, 0.2) is 0 Å². The first-order valence-corrected chi connectivity index (χ1v) is 11.4. The first-order valence-electron chi connectivity index (χ1n) is 10.6. The monoisotopic (exact) mass is 401 g/mol. The van der Waals surface area contributed by atoms with E-state index >= 15 is 0 Å². The molecule has 2 aliphatic rings. The summed E-state index contributed by atoms with van der Waals surface area (Å²) < 4.78 is 0. The fourth-order valence-electron chi connectivity index (χ4n) is 4.20. The van der Waals surface area contributed by atoms with Gasteiger partial charge in [0, 0.05) is 10.9 Å². The zero-order valence-corrected chi connectivity index (χ0v) is 18.0. The third kappa shape index (κ3) is 4.30. The summed E-state index contributed by atoms with van der Waals surface area (Å²) in [6.07, 6.45) is 5.93. The summed E-state index contributed by atoms with van der Waals surface area (Å²) in [5, 5.41) is 7.40. The number of aromatic nitrogens is 2. The number of thiophene rings is 1. The van der Waals surface area contributed by atoms with E-state index in [4.69, 9.17) is 9.97 Å². The summed E-state index contributed by atoms with van der Waals surface area (Å²) in [5.41, 5.74) is 1.39. The van der Waals surface area contributed by atoms with Gasteiger partial charge in [0.2, 0.25) is 5.91 Å². The molecule has 1 aliphatic heterocycles. The smallest absolute Gasteiger partial charge is 0.239 e. The van der Waals surface area contributed by atoms with Crippen molar-refractivity contribution in [2.45, 2.75) is 65.5 Å². The lowest BCUT2D eigenvalue weighted by Gasteiger charge is -2.29. The van der Waals surface area contributed by atoms with Gasteiger partial charge in [-0.1, -0.05) is 6.92 Å². The minimum absolute atomic E-state index is 0.000190. The second-order valence-corrected chi connectivity index (χ2v) is 9.64. The molecule has 0 bridgehead atoms. The molecule has 2 aromatic heterocycles. The molecule has 2 N–H and O–H groups in total. The van der Waals surface area contributed by atoms with Crippen LogP contribution in [0, 0.1) is 5.92 Å². The highest BCUT2D eigenvalue weighted by Crippen LogP contribution is 2.39. The van der Waals surface area contributed by atoms with Crippen molar-refractivity contribution in [2.75, 3.05) is 25.0 Å². The molecule has 7 heteroatoms. The van der Waals surface area contributed by atoms with Gasteiger partial charge in [-0.3, -0.25) is 9.69 Å². The molecule has 152 valence electrons. The van der Waals surface area contributed by atoms with Gasteiger partial charge in [0.25, 0.3) is 0 Å². The number of hydrogen-bond donors (Lipinski definition) is 2. The van der Waals surface area contributed by atoms with E-state index in [1.165, 1.54) is 29.7 Å². The molecular formula is C21H31N5OS. The first-order chi connectivity index (χ1) is 13.5. The Morgan fingerprint density at radius 3 is 2.79 bits per heavy atom. The van der Waals surface area contributed by atoms with Crippen LogP contribution in [0.25, 0.3) is 10.2 Å². The Morgan fingerprint density at radius 1 is 1.25 bits per heavy atom. The number of anilines is 1. The third-order valence-electron chi connectivity index (χ3n) is 5.72. The molecule has 0 saturated carbocycles. The van der Waals surface area contributed by atoms with Crippen molar-refractivity contribution in [1.82, 2.24) is 20.2 Å². The number of carbonyl (C=O) groups is 1. The Hall–Kier alpha value is -1.73. The number of nitrogens with zero attached hydrogens (tertiary/aromatic N) is 3. The fraction of sp³-hybridized carbons (Fsp3) is 0.667. The van der Waals surface area contributed by atoms with Crippen LogP contribution >= 0.6 is 11.3 Å². The van der Waals surface area contributed by atoms with E-state index in [1.807, 2.05) is 25.2 Å².